The number of pyridine rings is 1. The molecule has 32 heavy (non-hydrogen) atoms. The van der Waals surface area contributed by atoms with Gasteiger partial charge in [0.05, 0.1) is 18.7 Å². The molecule has 1 aliphatic rings. The van der Waals surface area contributed by atoms with Crippen LogP contribution in [-0.2, 0) is 19.8 Å². The van der Waals surface area contributed by atoms with Crippen LogP contribution in [0.3, 0.4) is 0 Å². The van der Waals surface area contributed by atoms with Gasteiger partial charge in [-0.1, -0.05) is 39.0 Å². The van der Waals surface area contributed by atoms with Gasteiger partial charge in [-0.3, -0.25) is 19.5 Å². The number of hydrogen-bond donors (Lipinski definition) is 3. The molecule has 2 aromatic rings. The summed E-state index contributed by atoms with van der Waals surface area (Å²) in [5.41, 5.74) is 2.07. The molecule has 0 radical (unpaired) electrons. The monoisotopic (exact) mass is 438 g/mol. The quantitative estimate of drug-likeness (QED) is 0.565. The molecule has 3 unspecified atom stereocenters. The Labute approximate surface area is 188 Å². The minimum atomic E-state index is -1.03. The first-order valence-corrected chi connectivity index (χ1v) is 10.7. The summed E-state index contributed by atoms with van der Waals surface area (Å²) in [6.07, 6.45) is 3.34. The minimum absolute atomic E-state index is 0.0748. The second-order valence-electron chi connectivity index (χ2n) is 8.96. The van der Waals surface area contributed by atoms with E-state index >= 15 is 0 Å². The van der Waals surface area contributed by atoms with Crippen molar-refractivity contribution in [2.24, 2.45) is 0 Å². The Balaban J connectivity index is 2.08. The molecule has 170 valence electrons. The molecule has 1 fully saturated rings. The molecule has 1 aliphatic heterocycles. The fraction of sp³-hybridized carbons (Fsp3) is 0.417. The van der Waals surface area contributed by atoms with Crippen molar-refractivity contribution in [2.75, 3.05) is 18.0 Å². The van der Waals surface area contributed by atoms with Gasteiger partial charge in [0.15, 0.2) is 0 Å². The van der Waals surface area contributed by atoms with Crippen LogP contribution in [0.1, 0.15) is 44.4 Å². The van der Waals surface area contributed by atoms with Gasteiger partial charge in [-0.25, -0.2) is 0 Å². The predicted octanol–water partition coefficient (Wildman–Crippen LogP) is 1.49. The summed E-state index contributed by atoms with van der Waals surface area (Å²) in [4.78, 5) is 43.2. The number of anilines is 1. The molecule has 3 atom stereocenters. The molecule has 0 bridgehead atoms. The smallest absolute Gasteiger partial charge is 0.248 e. The number of rotatable bonds is 7. The van der Waals surface area contributed by atoms with Crippen molar-refractivity contribution >= 4 is 23.8 Å². The van der Waals surface area contributed by atoms with E-state index in [1.165, 1.54) is 11.1 Å². The number of aliphatic hydroxyl groups is 1. The van der Waals surface area contributed by atoms with Gasteiger partial charge in [-0.15, -0.1) is 0 Å². The molecule has 1 saturated heterocycles. The van der Waals surface area contributed by atoms with Crippen molar-refractivity contribution in [2.45, 2.75) is 50.8 Å². The van der Waals surface area contributed by atoms with Gasteiger partial charge in [0.25, 0.3) is 0 Å². The number of nitrogens with zero attached hydrogens (tertiary/aromatic N) is 2. The zero-order valence-electron chi connectivity index (χ0n) is 18.6. The molecule has 0 spiro atoms. The molecule has 1 aromatic carbocycles. The number of hydrogen-bond acceptors (Lipinski definition) is 6. The number of aliphatic hydroxyl groups excluding tert-OH is 1. The SMILES string of the molecule is CC(C)(C)c1ccc(N(C(=O)C2CC(O)CN2)C(C(=O)NCC=O)c2cccnc2)cc1. The lowest BCUT2D eigenvalue weighted by Gasteiger charge is -2.33. The summed E-state index contributed by atoms with van der Waals surface area (Å²) in [7, 11) is 0. The van der Waals surface area contributed by atoms with Crippen molar-refractivity contribution in [3.8, 4) is 0 Å². The van der Waals surface area contributed by atoms with Crippen LogP contribution in [0.25, 0.3) is 0 Å². The Kier molecular flexibility index (Phi) is 7.37. The molecular weight excluding hydrogens is 408 g/mol. The van der Waals surface area contributed by atoms with Gasteiger partial charge < -0.3 is 20.5 Å². The van der Waals surface area contributed by atoms with Gasteiger partial charge in [0.2, 0.25) is 11.8 Å². The molecule has 0 aliphatic carbocycles. The van der Waals surface area contributed by atoms with Crippen molar-refractivity contribution in [1.82, 2.24) is 15.6 Å². The Morgan fingerprint density at radius 3 is 2.53 bits per heavy atom. The number of amides is 2. The maximum Gasteiger partial charge on any atom is 0.248 e. The van der Waals surface area contributed by atoms with Crippen LogP contribution in [0.2, 0.25) is 0 Å². The second-order valence-corrected chi connectivity index (χ2v) is 8.96. The molecule has 1 aromatic heterocycles. The first kappa shape index (κ1) is 23.6. The first-order chi connectivity index (χ1) is 15.2. The molecule has 8 nitrogen and oxygen atoms in total. The van der Waals surface area contributed by atoms with Crippen LogP contribution in [0.4, 0.5) is 5.69 Å². The fourth-order valence-electron chi connectivity index (χ4n) is 3.79. The van der Waals surface area contributed by atoms with Gasteiger partial charge in [-0.2, -0.15) is 0 Å². The van der Waals surface area contributed by atoms with E-state index in [0.29, 0.717) is 24.1 Å². The first-order valence-electron chi connectivity index (χ1n) is 10.7. The number of aldehydes is 1. The van der Waals surface area contributed by atoms with Crippen molar-refractivity contribution < 1.29 is 19.5 Å². The number of carbonyl (C=O) groups is 3. The highest BCUT2D eigenvalue weighted by molar-refractivity contribution is 6.04. The molecule has 3 rings (SSSR count). The van der Waals surface area contributed by atoms with E-state index in [1.807, 2.05) is 24.3 Å². The molecule has 0 saturated carbocycles. The van der Waals surface area contributed by atoms with Crippen LogP contribution in [0.15, 0.2) is 48.8 Å². The summed E-state index contributed by atoms with van der Waals surface area (Å²) in [5.74, 6) is -0.822. The standard InChI is InChI=1S/C24H30N4O4/c1-24(2,3)17-6-8-18(9-7-17)28(23(32)20-13-19(30)15-27-20)21(22(31)26-11-12-29)16-5-4-10-25-14-16/h4-10,12,14,19-21,27,30H,11,13,15H2,1-3H3,(H,26,31). The van der Waals surface area contributed by atoms with E-state index in [4.69, 9.17) is 0 Å². The molecule has 8 heteroatoms. The summed E-state index contributed by atoms with van der Waals surface area (Å²) in [5, 5.41) is 15.6. The van der Waals surface area contributed by atoms with Gasteiger partial charge in [0.1, 0.15) is 12.3 Å². The third-order valence-corrected chi connectivity index (χ3v) is 5.52. The summed E-state index contributed by atoms with van der Waals surface area (Å²) in [6, 6.07) is 9.27. The van der Waals surface area contributed by atoms with E-state index in [9.17, 15) is 19.5 Å². The van der Waals surface area contributed by atoms with E-state index in [-0.39, 0.29) is 24.3 Å². The zero-order chi connectivity index (χ0) is 23.3. The molecule has 2 heterocycles. The van der Waals surface area contributed by atoms with Crippen molar-refractivity contribution in [3.05, 3.63) is 59.9 Å². The Morgan fingerprint density at radius 1 is 1.28 bits per heavy atom. The lowest BCUT2D eigenvalue weighted by Crippen LogP contribution is -2.50. The Bertz CT molecular complexity index is 941. The highest BCUT2D eigenvalue weighted by atomic mass is 16.3. The summed E-state index contributed by atoms with van der Waals surface area (Å²) in [6.45, 7) is 6.43. The minimum Gasteiger partial charge on any atom is -0.392 e. The largest absolute Gasteiger partial charge is 0.392 e. The number of nitrogens with one attached hydrogen (secondary N) is 2. The Morgan fingerprint density at radius 2 is 2.00 bits per heavy atom. The average Bonchev–Trinajstić information content (AvgIpc) is 3.21. The van der Waals surface area contributed by atoms with Crippen LogP contribution in [0.5, 0.6) is 0 Å². The van der Waals surface area contributed by atoms with Crippen LogP contribution >= 0.6 is 0 Å². The van der Waals surface area contributed by atoms with Crippen LogP contribution in [-0.4, -0.2) is 53.4 Å². The number of aromatic nitrogens is 1. The third-order valence-electron chi connectivity index (χ3n) is 5.52. The maximum absolute atomic E-state index is 13.6. The van der Waals surface area contributed by atoms with E-state index in [2.05, 4.69) is 36.4 Å². The maximum atomic E-state index is 13.6. The third kappa shape index (κ3) is 5.38. The summed E-state index contributed by atoms with van der Waals surface area (Å²) >= 11 is 0. The van der Waals surface area contributed by atoms with E-state index in [0.717, 1.165) is 5.56 Å². The van der Waals surface area contributed by atoms with E-state index < -0.39 is 24.1 Å². The van der Waals surface area contributed by atoms with Gasteiger partial charge in [-0.05, 0) is 35.6 Å². The van der Waals surface area contributed by atoms with E-state index in [1.54, 1.807) is 18.3 Å². The van der Waals surface area contributed by atoms with Crippen molar-refractivity contribution in [3.63, 3.8) is 0 Å². The van der Waals surface area contributed by atoms with Crippen LogP contribution < -0.4 is 15.5 Å². The molecule has 3 N–H and O–H groups in total. The number of β-amino-alcohol motifs (C(OH)–C–C–N with tert-alkyl or cyclic N) is 1. The predicted molar refractivity (Wildman–Crippen MR) is 121 cm³/mol. The fourth-order valence-corrected chi connectivity index (χ4v) is 3.79. The lowest BCUT2D eigenvalue weighted by atomic mass is 9.87. The second kappa shape index (κ2) is 10.0. The zero-order valence-corrected chi connectivity index (χ0v) is 18.6. The highest BCUT2D eigenvalue weighted by Crippen LogP contribution is 2.32. The number of carbonyl (C=O) groups excluding carboxylic acids is 3. The topological polar surface area (TPSA) is 112 Å². The van der Waals surface area contributed by atoms with Gasteiger partial charge in [0, 0.05) is 30.2 Å². The summed E-state index contributed by atoms with van der Waals surface area (Å²) < 4.78 is 0. The van der Waals surface area contributed by atoms with Crippen molar-refractivity contribution in [1.29, 1.82) is 0 Å². The van der Waals surface area contributed by atoms with Gasteiger partial charge >= 0.3 is 0 Å². The Hall–Kier alpha value is -3.10. The normalized spacial score (nSPS) is 19.2. The van der Waals surface area contributed by atoms with Crippen LogP contribution in [0, 0.1) is 0 Å². The molecular formula is C24H30N4O4. The lowest BCUT2D eigenvalue weighted by molar-refractivity contribution is -0.127. The molecule has 2 amide bonds. The average molecular weight is 439 g/mol. The highest BCUT2D eigenvalue weighted by Gasteiger charge is 2.39. The number of benzene rings is 1.